The third-order valence-corrected chi connectivity index (χ3v) is 5.59. The summed E-state index contributed by atoms with van der Waals surface area (Å²) in [5.74, 6) is 0.326. The number of aryl methyl sites for hydroxylation is 1. The molecule has 0 fully saturated rings. The number of carbonyl (C=O) groups excluding carboxylic acids is 1. The van der Waals surface area contributed by atoms with E-state index in [-0.39, 0.29) is 11.4 Å². The molecule has 4 rings (SSSR count). The molecular formula is C22H18ClN5O6. The number of furan rings is 1. The minimum atomic E-state index is -0.718. The van der Waals surface area contributed by atoms with E-state index in [0.717, 1.165) is 12.1 Å². The first-order valence-electron chi connectivity index (χ1n) is 10.2. The topological polar surface area (TPSA) is 153 Å². The van der Waals surface area contributed by atoms with E-state index in [1.165, 1.54) is 6.07 Å². The maximum atomic E-state index is 12.8. The molecule has 1 aromatic heterocycles. The lowest BCUT2D eigenvalue weighted by molar-refractivity contribution is -0.393. The van der Waals surface area contributed by atoms with Crippen molar-refractivity contribution in [1.29, 1.82) is 0 Å². The zero-order valence-corrected chi connectivity index (χ0v) is 18.6. The van der Waals surface area contributed by atoms with Gasteiger partial charge < -0.3 is 9.73 Å². The van der Waals surface area contributed by atoms with Crippen LogP contribution in [0.5, 0.6) is 0 Å². The zero-order chi connectivity index (χ0) is 24.4. The number of carbonyl (C=O) groups is 1. The molecule has 2 N–H and O–H groups in total. The summed E-state index contributed by atoms with van der Waals surface area (Å²) in [4.78, 5) is 33.7. The lowest BCUT2D eigenvalue weighted by Gasteiger charge is -2.13. The van der Waals surface area contributed by atoms with Gasteiger partial charge in [0.1, 0.15) is 11.4 Å². The van der Waals surface area contributed by atoms with Crippen molar-refractivity contribution in [2.24, 2.45) is 5.10 Å². The average Bonchev–Trinajstić information content (AvgIpc) is 3.16. The van der Waals surface area contributed by atoms with Crippen molar-refractivity contribution in [3.8, 4) is 0 Å². The van der Waals surface area contributed by atoms with E-state index in [1.54, 1.807) is 31.2 Å². The number of nitro benzene ring substituents is 2. The molecule has 11 nitrogen and oxygen atoms in total. The molecule has 34 heavy (non-hydrogen) atoms. The Balaban J connectivity index is 1.62. The van der Waals surface area contributed by atoms with E-state index in [4.69, 9.17) is 16.0 Å². The highest BCUT2D eigenvalue weighted by Gasteiger charge is 2.28. The molecule has 0 saturated carbocycles. The second-order valence-corrected chi connectivity index (χ2v) is 7.99. The van der Waals surface area contributed by atoms with Crippen molar-refractivity contribution in [1.82, 2.24) is 0 Å². The van der Waals surface area contributed by atoms with Crippen molar-refractivity contribution < 1.29 is 19.1 Å². The lowest BCUT2D eigenvalue weighted by Crippen LogP contribution is -2.14. The van der Waals surface area contributed by atoms with E-state index in [0.29, 0.717) is 52.6 Å². The monoisotopic (exact) mass is 483 g/mol. The molecule has 0 spiro atoms. The Morgan fingerprint density at radius 1 is 1.09 bits per heavy atom. The number of nitrogens with zero attached hydrogens (tertiary/aromatic N) is 3. The van der Waals surface area contributed by atoms with E-state index < -0.39 is 27.1 Å². The summed E-state index contributed by atoms with van der Waals surface area (Å²) in [5, 5.41) is 30.0. The fourth-order valence-corrected chi connectivity index (χ4v) is 3.85. The fraction of sp³-hybridized carbons (Fsp3) is 0.182. The summed E-state index contributed by atoms with van der Waals surface area (Å²) >= 11 is 5.88. The van der Waals surface area contributed by atoms with Crippen LogP contribution in [-0.4, -0.2) is 21.5 Å². The van der Waals surface area contributed by atoms with Crippen LogP contribution in [0.4, 0.5) is 22.7 Å². The van der Waals surface area contributed by atoms with Gasteiger partial charge in [-0.25, -0.2) is 0 Å². The van der Waals surface area contributed by atoms with Crippen LogP contribution in [-0.2, 0) is 6.42 Å². The highest BCUT2D eigenvalue weighted by molar-refractivity contribution is 6.30. The zero-order valence-electron chi connectivity index (χ0n) is 17.8. The summed E-state index contributed by atoms with van der Waals surface area (Å²) in [6.45, 7) is 1.74. The molecular weight excluding hydrogens is 466 g/mol. The summed E-state index contributed by atoms with van der Waals surface area (Å²) in [7, 11) is 0. The molecule has 1 amide bonds. The lowest BCUT2D eigenvalue weighted by atomic mass is 9.93. The molecule has 0 radical (unpaired) electrons. The van der Waals surface area contributed by atoms with Gasteiger partial charge in [-0.05, 0) is 50.1 Å². The molecule has 1 aliphatic carbocycles. The molecule has 3 aromatic rings. The molecule has 174 valence electrons. The van der Waals surface area contributed by atoms with Gasteiger partial charge in [-0.3, -0.25) is 30.4 Å². The second kappa shape index (κ2) is 9.32. The molecule has 0 atom stereocenters. The van der Waals surface area contributed by atoms with E-state index >= 15 is 0 Å². The van der Waals surface area contributed by atoms with Gasteiger partial charge in [0.15, 0.2) is 5.76 Å². The number of rotatable bonds is 6. The van der Waals surface area contributed by atoms with Crippen molar-refractivity contribution >= 4 is 46.0 Å². The number of halogens is 1. The maximum absolute atomic E-state index is 12.8. The maximum Gasteiger partial charge on any atom is 0.301 e. The second-order valence-electron chi connectivity index (χ2n) is 7.55. The fourth-order valence-electron chi connectivity index (χ4n) is 3.72. The quantitative estimate of drug-likeness (QED) is 0.348. The largest absolute Gasteiger partial charge is 0.455 e. The molecule has 2 aromatic carbocycles. The predicted octanol–water partition coefficient (Wildman–Crippen LogP) is 5.46. The van der Waals surface area contributed by atoms with Crippen LogP contribution in [0, 0.1) is 27.2 Å². The van der Waals surface area contributed by atoms with Crippen LogP contribution >= 0.6 is 11.6 Å². The van der Waals surface area contributed by atoms with Gasteiger partial charge in [-0.2, -0.15) is 5.10 Å². The Bertz CT molecular complexity index is 1330. The highest BCUT2D eigenvalue weighted by atomic mass is 35.5. The van der Waals surface area contributed by atoms with Gasteiger partial charge in [0.25, 0.3) is 11.6 Å². The number of non-ortho nitro benzene ring substituents is 1. The summed E-state index contributed by atoms with van der Waals surface area (Å²) in [6.07, 6.45) is 1.88. The van der Waals surface area contributed by atoms with E-state index in [9.17, 15) is 25.0 Å². The van der Waals surface area contributed by atoms with Crippen molar-refractivity contribution in [3.05, 3.63) is 90.4 Å². The minimum absolute atomic E-state index is 0.0112. The van der Waals surface area contributed by atoms with Crippen LogP contribution in [0.25, 0.3) is 0 Å². The van der Waals surface area contributed by atoms with Crippen LogP contribution in [0.2, 0.25) is 5.02 Å². The SMILES string of the molecule is Cc1c(C(=O)Nc2ccc(Cl)cc2)oc2c1/C(=N/Nc1ccc([N+](=O)[O-])cc1[N+](=O)[O-])CCC2. The van der Waals surface area contributed by atoms with Crippen LogP contribution < -0.4 is 10.7 Å². The van der Waals surface area contributed by atoms with E-state index in [1.807, 2.05) is 0 Å². The number of fused-ring (bicyclic) bond motifs is 1. The van der Waals surface area contributed by atoms with Gasteiger partial charge in [-0.15, -0.1) is 0 Å². The summed E-state index contributed by atoms with van der Waals surface area (Å²) in [6, 6.07) is 9.92. The van der Waals surface area contributed by atoms with Gasteiger partial charge in [0.2, 0.25) is 0 Å². The van der Waals surface area contributed by atoms with Crippen molar-refractivity contribution in [2.45, 2.75) is 26.2 Å². The van der Waals surface area contributed by atoms with Crippen LogP contribution in [0.3, 0.4) is 0 Å². The molecule has 1 aliphatic rings. The number of hydrazone groups is 1. The van der Waals surface area contributed by atoms with Gasteiger partial charge in [-0.1, -0.05) is 11.6 Å². The predicted molar refractivity (Wildman–Crippen MR) is 126 cm³/mol. The highest BCUT2D eigenvalue weighted by Crippen LogP contribution is 2.32. The summed E-state index contributed by atoms with van der Waals surface area (Å²) in [5.41, 5.74) is 4.19. The number of nitrogens with one attached hydrogen (secondary N) is 2. The van der Waals surface area contributed by atoms with Gasteiger partial charge in [0, 0.05) is 34.3 Å². The van der Waals surface area contributed by atoms with Crippen LogP contribution in [0.15, 0.2) is 52.0 Å². The Morgan fingerprint density at radius 2 is 1.82 bits per heavy atom. The Morgan fingerprint density at radius 3 is 2.50 bits per heavy atom. The average molecular weight is 484 g/mol. The van der Waals surface area contributed by atoms with Crippen molar-refractivity contribution in [2.75, 3.05) is 10.7 Å². The first kappa shape index (κ1) is 22.9. The third-order valence-electron chi connectivity index (χ3n) is 5.33. The van der Waals surface area contributed by atoms with E-state index in [2.05, 4.69) is 15.8 Å². The first-order chi connectivity index (χ1) is 16.2. The smallest absolute Gasteiger partial charge is 0.301 e. The first-order valence-corrected chi connectivity index (χ1v) is 10.6. The van der Waals surface area contributed by atoms with Crippen molar-refractivity contribution in [3.63, 3.8) is 0 Å². The number of hydrogen-bond acceptors (Lipinski definition) is 8. The third kappa shape index (κ3) is 4.59. The Hall–Kier alpha value is -4.25. The number of amides is 1. The molecule has 0 bridgehead atoms. The minimum Gasteiger partial charge on any atom is -0.455 e. The molecule has 0 saturated heterocycles. The number of hydrogen-bond donors (Lipinski definition) is 2. The Kier molecular flexibility index (Phi) is 6.28. The standard InChI is InChI=1S/C22H18ClN5O6/c1-12-20-17(26-25-16-10-9-15(27(30)31)11-18(16)28(32)33)3-2-4-19(20)34-21(12)22(29)24-14-7-5-13(23)6-8-14/h5-11,25H,2-4H2,1H3,(H,24,29)/b26-17+. The number of anilines is 2. The molecule has 12 heteroatoms. The van der Waals surface area contributed by atoms with Gasteiger partial charge >= 0.3 is 5.69 Å². The number of nitro groups is 2. The number of benzene rings is 2. The van der Waals surface area contributed by atoms with Crippen LogP contribution in [0.1, 0.15) is 40.3 Å². The molecule has 0 aliphatic heterocycles. The normalized spacial score (nSPS) is 13.9. The molecule has 0 unspecified atom stereocenters. The summed E-state index contributed by atoms with van der Waals surface area (Å²) < 4.78 is 5.85. The Labute approximate surface area is 197 Å². The van der Waals surface area contributed by atoms with Gasteiger partial charge in [0.05, 0.1) is 21.6 Å². The molecule has 1 heterocycles.